The maximum Gasteiger partial charge on any atom is 0.346 e. The van der Waals surface area contributed by atoms with E-state index in [9.17, 15) is 9.59 Å². The van der Waals surface area contributed by atoms with Gasteiger partial charge in [0.15, 0.2) is 0 Å². The molecule has 105 valence electrons. The molecule has 1 radical (unpaired) electrons. The van der Waals surface area contributed by atoms with Crippen molar-refractivity contribution in [2.45, 2.75) is 37.6 Å². The maximum atomic E-state index is 11.7. The van der Waals surface area contributed by atoms with Crippen LogP contribution in [0.4, 0.5) is 0 Å². The highest BCUT2D eigenvalue weighted by Gasteiger charge is 2.41. The molecule has 2 aliphatic rings. The smallest absolute Gasteiger partial charge is 0.346 e. The first kappa shape index (κ1) is 13.5. The number of rotatable bonds is 2. The van der Waals surface area contributed by atoms with Crippen molar-refractivity contribution < 1.29 is 19.1 Å². The Kier molecular flexibility index (Phi) is 3.26. The summed E-state index contributed by atoms with van der Waals surface area (Å²) < 4.78 is 10.8. The summed E-state index contributed by atoms with van der Waals surface area (Å²) in [5.41, 5.74) is 1.76. The van der Waals surface area contributed by atoms with Gasteiger partial charge in [-0.05, 0) is 37.0 Å². The molecule has 1 atom stereocenters. The minimum Gasteiger partial charge on any atom is -0.386 e. The van der Waals surface area contributed by atoms with E-state index >= 15 is 0 Å². The Balaban J connectivity index is 2.07. The second-order valence-electron chi connectivity index (χ2n) is 5.57. The minimum atomic E-state index is -0.753. The normalized spacial score (nSPS) is 25.8. The number of hydrogen-bond acceptors (Lipinski definition) is 4. The molecule has 0 amide bonds. The predicted molar refractivity (Wildman–Crippen MR) is 75.2 cm³/mol. The fourth-order valence-corrected chi connectivity index (χ4v) is 4.84. The van der Waals surface area contributed by atoms with Crippen LogP contribution in [0, 0.1) is 0 Å². The van der Waals surface area contributed by atoms with Crippen molar-refractivity contribution in [1.82, 2.24) is 0 Å². The highest BCUT2D eigenvalue weighted by Crippen LogP contribution is 2.39. The monoisotopic (exact) mass is 289 g/mol. The summed E-state index contributed by atoms with van der Waals surface area (Å²) >= 11 is 0. The van der Waals surface area contributed by atoms with Crippen LogP contribution in [0.3, 0.4) is 0 Å². The Hall–Kier alpha value is -1.46. The molecule has 20 heavy (non-hydrogen) atoms. The first-order chi connectivity index (χ1) is 9.54. The SMILES string of the molecule is C[Si](C)C1(c2ccc3c(c2)C(=O)OC3=O)CCCCO1. The van der Waals surface area contributed by atoms with Gasteiger partial charge in [0.05, 0.1) is 25.1 Å². The maximum absolute atomic E-state index is 11.7. The van der Waals surface area contributed by atoms with E-state index in [1.54, 1.807) is 12.1 Å². The summed E-state index contributed by atoms with van der Waals surface area (Å²) in [6, 6.07) is 5.41. The van der Waals surface area contributed by atoms with Crippen LogP contribution in [0.1, 0.15) is 45.5 Å². The number of fused-ring (bicyclic) bond motifs is 1. The van der Waals surface area contributed by atoms with E-state index in [4.69, 9.17) is 4.74 Å². The van der Waals surface area contributed by atoms with Crippen LogP contribution in [0.25, 0.3) is 0 Å². The van der Waals surface area contributed by atoms with Gasteiger partial charge in [-0.1, -0.05) is 19.2 Å². The van der Waals surface area contributed by atoms with Gasteiger partial charge in [-0.3, -0.25) is 0 Å². The molecule has 0 bridgehead atoms. The molecule has 1 saturated heterocycles. The van der Waals surface area contributed by atoms with Gasteiger partial charge in [-0.15, -0.1) is 0 Å². The lowest BCUT2D eigenvalue weighted by molar-refractivity contribution is -0.0264. The Morgan fingerprint density at radius 3 is 2.50 bits per heavy atom. The molecule has 3 rings (SSSR count). The van der Waals surface area contributed by atoms with Gasteiger partial charge in [0.2, 0.25) is 0 Å². The molecule has 0 aromatic heterocycles. The van der Waals surface area contributed by atoms with E-state index in [1.807, 2.05) is 6.07 Å². The van der Waals surface area contributed by atoms with Crippen molar-refractivity contribution in [2.24, 2.45) is 0 Å². The molecule has 1 unspecified atom stereocenters. The molecule has 0 aliphatic carbocycles. The first-order valence-corrected chi connectivity index (χ1v) is 9.40. The van der Waals surface area contributed by atoms with Gasteiger partial charge in [0.25, 0.3) is 0 Å². The minimum absolute atomic E-state index is 0.260. The van der Waals surface area contributed by atoms with E-state index in [0.29, 0.717) is 11.1 Å². The Morgan fingerprint density at radius 2 is 1.85 bits per heavy atom. The number of esters is 2. The summed E-state index contributed by atoms with van der Waals surface area (Å²) in [6.45, 7) is 5.22. The van der Waals surface area contributed by atoms with Crippen LogP contribution in [0.15, 0.2) is 18.2 Å². The zero-order chi connectivity index (χ0) is 14.3. The number of carbonyl (C=O) groups excluding carboxylic acids is 2. The molecule has 5 heteroatoms. The van der Waals surface area contributed by atoms with Crippen LogP contribution in [-0.2, 0) is 14.7 Å². The zero-order valence-corrected chi connectivity index (χ0v) is 12.7. The standard InChI is InChI=1S/C15H17O4Si/c1-20(2)15(7-3-4-8-18-15)10-5-6-11-12(9-10)14(17)19-13(11)16/h5-6,9H,3-4,7-8H2,1-2H3. The van der Waals surface area contributed by atoms with Crippen LogP contribution in [0.2, 0.25) is 13.1 Å². The lowest BCUT2D eigenvalue weighted by atomic mass is 9.96. The Morgan fingerprint density at radius 1 is 1.10 bits per heavy atom. The molecular weight excluding hydrogens is 272 g/mol. The average Bonchev–Trinajstić information content (AvgIpc) is 2.74. The quantitative estimate of drug-likeness (QED) is 0.477. The van der Waals surface area contributed by atoms with Crippen molar-refractivity contribution in [1.29, 1.82) is 0 Å². The van der Waals surface area contributed by atoms with Gasteiger partial charge in [0.1, 0.15) is 0 Å². The third-order valence-corrected chi connectivity index (χ3v) is 6.49. The van der Waals surface area contributed by atoms with Crippen molar-refractivity contribution in [3.05, 3.63) is 34.9 Å². The number of hydrogen-bond donors (Lipinski definition) is 0. The number of benzene rings is 1. The Bertz CT molecular complexity index is 573. The molecule has 2 heterocycles. The molecule has 1 aromatic rings. The predicted octanol–water partition coefficient (Wildman–Crippen LogP) is 2.69. The highest BCUT2D eigenvalue weighted by atomic mass is 28.3. The van der Waals surface area contributed by atoms with E-state index in [0.717, 1.165) is 31.4 Å². The molecule has 4 nitrogen and oxygen atoms in total. The van der Waals surface area contributed by atoms with Crippen molar-refractivity contribution in [2.75, 3.05) is 6.61 Å². The summed E-state index contributed by atoms with van der Waals surface area (Å²) in [6.07, 6.45) is 3.20. The highest BCUT2D eigenvalue weighted by molar-refractivity contribution is 6.59. The first-order valence-electron chi connectivity index (χ1n) is 6.90. The third-order valence-electron chi connectivity index (χ3n) is 4.19. The summed E-state index contributed by atoms with van der Waals surface area (Å²) in [4.78, 5) is 23.2. The average molecular weight is 289 g/mol. The lowest BCUT2D eigenvalue weighted by Crippen LogP contribution is -2.44. The van der Waals surface area contributed by atoms with E-state index in [-0.39, 0.29) is 5.22 Å². The van der Waals surface area contributed by atoms with Crippen LogP contribution >= 0.6 is 0 Å². The largest absolute Gasteiger partial charge is 0.386 e. The number of ether oxygens (including phenoxy) is 2. The van der Waals surface area contributed by atoms with Gasteiger partial charge in [-0.25, -0.2) is 9.59 Å². The number of cyclic esters (lactones) is 2. The summed E-state index contributed by atoms with van der Waals surface area (Å²) in [5.74, 6) is -1.09. The van der Waals surface area contributed by atoms with E-state index < -0.39 is 20.7 Å². The second kappa shape index (κ2) is 4.82. The number of carbonyl (C=O) groups is 2. The molecule has 1 aromatic carbocycles. The fraction of sp³-hybridized carbons (Fsp3) is 0.467. The molecule has 0 N–H and O–H groups in total. The third kappa shape index (κ3) is 1.93. The van der Waals surface area contributed by atoms with Crippen LogP contribution in [0.5, 0.6) is 0 Å². The van der Waals surface area contributed by atoms with Gasteiger partial charge in [-0.2, -0.15) is 0 Å². The van der Waals surface area contributed by atoms with Crippen molar-refractivity contribution in [3.63, 3.8) is 0 Å². The van der Waals surface area contributed by atoms with Gasteiger partial charge >= 0.3 is 11.9 Å². The summed E-state index contributed by atoms with van der Waals surface area (Å²) in [7, 11) is -0.753. The molecule has 0 spiro atoms. The van der Waals surface area contributed by atoms with Crippen molar-refractivity contribution in [3.8, 4) is 0 Å². The van der Waals surface area contributed by atoms with Gasteiger partial charge < -0.3 is 9.47 Å². The lowest BCUT2D eigenvalue weighted by Gasteiger charge is -2.41. The van der Waals surface area contributed by atoms with Crippen LogP contribution < -0.4 is 0 Å². The summed E-state index contributed by atoms with van der Waals surface area (Å²) in [5, 5.41) is -0.260. The van der Waals surface area contributed by atoms with Crippen LogP contribution in [-0.4, -0.2) is 27.3 Å². The van der Waals surface area contributed by atoms with E-state index in [1.165, 1.54) is 0 Å². The molecule has 1 fully saturated rings. The van der Waals surface area contributed by atoms with Gasteiger partial charge in [0, 0.05) is 6.61 Å². The van der Waals surface area contributed by atoms with E-state index in [2.05, 4.69) is 17.8 Å². The molecule has 0 saturated carbocycles. The second-order valence-corrected chi connectivity index (χ2v) is 8.38. The Labute approximate surface area is 119 Å². The zero-order valence-electron chi connectivity index (χ0n) is 11.7. The molecule has 2 aliphatic heterocycles. The molecular formula is C15H17O4Si. The topological polar surface area (TPSA) is 52.6 Å². The fourth-order valence-electron chi connectivity index (χ4n) is 3.04. The van der Waals surface area contributed by atoms with Crippen molar-refractivity contribution >= 4 is 20.7 Å².